The second kappa shape index (κ2) is 7.10. The number of hydrogen-bond acceptors (Lipinski definition) is 6. The molecular weight excluding hydrogens is 316 g/mol. The molecule has 0 aliphatic rings. The molecule has 0 saturated carbocycles. The standard InChI is InChI=1S/C12H13ClN4OS2/c1-3-4-7-5-9(18)16-12(14-7)20-10-6-8(13)15-11(17-10)19-2/h5-6H,3-4H2,1-2H3,(H,14,16,18). The molecule has 0 unspecified atom stereocenters. The van der Waals surface area contributed by atoms with E-state index in [1.165, 1.54) is 29.6 Å². The number of rotatable bonds is 5. The summed E-state index contributed by atoms with van der Waals surface area (Å²) >= 11 is 8.62. The van der Waals surface area contributed by atoms with E-state index >= 15 is 0 Å². The van der Waals surface area contributed by atoms with Gasteiger partial charge < -0.3 is 4.98 Å². The molecule has 2 rings (SSSR count). The van der Waals surface area contributed by atoms with Crippen LogP contribution >= 0.6 is 35.1 Å². The van der Waals surface area contributed by atoms with Crippen LogP contribution < -0.4 is 5.56 Å². The topological polar surface area (TPSA) is 71.5 Å². The largest absolute Gasteiger partial charge is 0.301 e. The molecule has 2 aromatic heterocycles. The summed E-state index contributed by atoms with van der Waals surface area (Å²) < 4.78 is 0. The fraction of sp³-hybridized carbons (Fsp3) is 0.333. The molecule has 0 aliphatic carbocycles. The van der Waals surface area contributed by atoms with Crippen LogP contribution in [0.1, 0.15) is 19.0 Å². The van der Waals surface area contributed by atoms with Crippen molar-refractivity contribution in [1.29, 1.82) is 0 Å². The first-order valence-corrected chi connectivity index (χ1v) is 8.39. The molecule has 8 heteroatoms. The highest BCUT2D eigenvalue weighted by Gasteiger charge is 2.07. The molecule has 5 nitrogen and oxygen atoms in total. The first-order chi connectivity index (χ1) is 9.60. The fourth-order valence-corrected chi connectivity index (χ4v) is 3.09. The lowest BCUT2D eigenvalue weighted by Crippen LogP contribution is -2.10. The van der Waals surface area contributed by atoms with Crippen molar-refractivity contribution in [2.75, 3.05) is 6.26 Å². The maximum atomic E-state index is 11.6. The number of nitrogens with zero attached hydrogens (tertiary/aromatic N) is 3. The van der Waals surface area contributed by atoms with Crippen LogP contribution in [-0.4, -0.2) is 26.2 Å². The first kappa shape index (κ1) is 15.3. The van der Waals surface area contributed by atoms with E-state index in [9.17, 15) is 4.79 Å². The van der Waals surface area contributed by atoms with Crippen LogP contribution in [0.4, 0.5) is 0 Å². The van der Waals surface area contributed by atoms with Crippen molar-refractivity contribution in [3.8, 4) is 0 Å². The SMILES string of the molecule is CCCc1cc(=O)[nH]c(Sc2cc(Cl)nc(SC)n2)n1. The quantitative estimate of drug-likeness (QED) is 0.517. The Morgan fingerprint density at radius 2 is 2.10 bits per heavy atom. The molecular formula is C12H13ClN4OS2. The van der Waals surface area contributed by atoms with Gasteiger partial charge in [-0.05, 0) is 24.4 Å². The predicted octanol–water partition coefficient (Wildman–Crippen LogP) is 3.04. The van der Waals surface area contributed by atoms with Crippen LogP contribution in [0.3, 0.4) is 0 Å². The van der Waals surface area contributed by atoms with E-state index < -0.39 is 0 Å². The van der Waals surface area contributed by atoms with Gasteiger partial charge in [-0.2, -0.15) is 0 Å². The molecule has 1 N–H and O–H groups in total. The van der Waals surface area contributed by atoms with Crippen LogP contribution in [0, 0.1) is 0 Å². The molecule has 20 heavy (non-hydrogen) atoms. The maximum Gasteiger partial charge on any atom is 0.251 e. The average molecular weight is 329 g/mol. The number of H-pyrrole nitrogens is 1. The zero-order chi connectivity index (χ0) is 14.5. The number of halogens is 1. The summed E-state index contributed by atoms with van der Waals surface area (Å²) in [6.45, 7) is 2.05. The average Bonchev–Trinajstić information content (AvgIpc) is 2.37. The van der Waals surface area contributed by atoms with E-state index in [2.05, 4.69) is 19.9 Å². The monoisotopic (exact) mass is 328 g/mol. The third-order valence-electron chi connectivity index (χ3n) is 2.31. The molecule has 0 atom stereocenters. The predicted molar refractivity (Wildman–Crippen MR) is 81.8 cm³/mol. The van der Waals surface area contributed by atoms with Crippen LogP contribution in [0.25, 0.3) is 0 Å². The minimum absolute atomic E-state index is 0.156. The van der Waals surface area contributed by atoms with Gasteiger partial charge in [-0.3, -0.25) is 4.79 Å². The van der Waals surface area contributed by atoms with Gasteiger partial charge in [-0.25, -0.2) is 15.0 Å². The van der Waals surface area contributed by atoms with Crippen molar-refractivity contribution in [3.63, 3.8) is 0 Å². The lowest BCUT2D eigenvalue weighted by atomic mass is 10.2. The zero-order valence-corrected chi connectivity index (χ0v) is 13.4. The summed E-state index contributed by atoms with van der Waals surface area (Å²) in [6.07, 6.45) is 3.59. The Balaban J connectivity index is 2.29. The molecule has 0 bridgehead atoms. The zero-order valence-electron chi connectivity index (χ0n) is 11.0. The summed E-state index contributed by atoms with van der Waals surface area (Å²) in [5.74, 6) is 0. The normalized spacial score (nSPS) is 10.8. The van der Waals surface area contributed by atoms with Crippen molar-refractivity contribution in [1.82, 2.24) is 19.9 Å². The number of hydrogen-bond donors (Lipinski definition) is 1. The van der Waals surface area contributed by atoms with Gasteiger partial charge in [0, 0.05) is 17.8 Å². The van der Waals surface area contributed by atoms with E-state index in [1.54, 1.807) is 6.07 Å². The van der Waals surface area contributed by atoms with Crippen LogP contribution in [0.2, 0.25) is 5.15 Å². The van der Waals surface area contributed by atoms with Gasteiger partial charge in [0.25, 0.3) is 5.56 Å². The van der Waals surface area contributed by atoms with E-state index in [0.717, 1.165) is 18.5 Å². The molecule has 0 radical (unpaired) electrons. The smallest absolute Gasteiger partial charge is 0.251 e. The molecule has 0 fully saturated rings. The van der Waals surface area contributed by atoms with Gasteiger partial charge in [0.2, 0.25) is 0 Å². The summed E-state index contributed by atoms with van der Waals surface area (Å²) in [5.41, 5.74) is 0.625. The summed E-state index contributed by atoms with van der Waals surface area (Å²) in [5, 5.41) is 2.14. The van der Waals surface area contributed by atoms with Crippen molar-refractivity contribution in [2.45, 2.75) is 35.1 Å². The van der Waals surface area contributed by atoms with Gasteiger partial charge >= 0.3 is 0 Å². The highest BCUT2D eigenvalue weighted by molar-refractivity contribution is 7.99. The molecule has 0 saturated heterocycles. The third kappa shape index (κ3) is 4.22. The Morgan fingerprint density at radius 3 is 2.80 bits per heavy atom. The van der Waals surface area contributed by atoms with Crippen LogP contribution in [-0.2, 0) is 6.42 Å². The number of aryl methyl sites for hydroxylation is 1. The van der Waals surface area contributed by atoms with Crippen LogP contribution in [0.5, 0.6) is 0 Å². The summed E-state index contributed by atoms with van der Waals surface area (Å²) in [7, 11) is 0. The van der Waals surface area contributed by atoms with Crippen molar-refractivity contribution >= 4 is 35.1 Å². The summed E-state index contributed by atoms with van der Waals surface area (Å²) in [6, 6.07) is 3.17. The number of aromatic nitrogens is 4. The van der Waals surface area contributed by atoms with Crippen LogP contribution in [0.15, 0.2) is 32.3 Å². The number of aromatic amines is 1. The Labute approximate surface area is 130 Å². The third-order valence-corrected chi connectivity index (χ3v) is 3.86. The molecule has 106 valence electrons. The van der Waals surface area contributed by atoms with E-state index in [0.29, 0.717) is 20.5 Å². The Hall–Kier alpha value is -1.05. The Bertz CT molecular complexity index is 662. The van der Waals surface area contributed by atoms with Gasteiger partial charge in [0.1, 0.15) is 10.2 Å². The molecule has 0 amide bonds. The second-order valence-corrected chi connectivity index (χ2v) is 6.08. The molecule has 2 aromatic rings. The molecule has 2 heterocycles. The summed E-state index contributed by atoms with van der Waals surface area (Å²) in [4.78, 5) is 27.1. The van der Waals surface area contributed by atoms with Crippen molar-refractivity contribution in [2.24, 2.45) is 0 Å². The lowest BCUT2D eigenvalue weighted by molar-refractivity contribution is 0.812. The molecule has 0 aromatic carbocycles. The van der Waals surface area contributed by atoms with Gasteiger partial charge in [0.15, 0.2) is 10.3 Å². The highest BCUT2D eigenvalue weighted by Crippen LogP contribution is 2.26. The van der Waals surface area contributed by atoms with E-state index in [1.807, 2.05) is 13.2 Å². The van der Waals surface area contributed by atoms with E-state index in [4.69, 9.17) is 11.6 Å². The van der Waals surface area contributed by atoms with Crippen molar-refractivity contribution in [3.05, 3.63) is 33.3 Å². The maximum absolute atomic E-state index is 11.6. The minimum atomic E-state index is -0.156. The van der Waals surface area contributed by atoms with Gasteiger partial charge in [0.05, 0.1) is 0 Å². The minimum Gasteiger partial charge on any atom is -0.301 e. The van der Waals surface area contributed by atoms with Gasteiger partial charge in [-0.15, -0.1) is 0 Å². The lowest BCUT2D eigenvalue weighted by Gasteiger charge is -2.04. The fourth-order valence-electron chi connectivity index (χ4n) is 1.54. The molecule has 0 aliphatic heterocycles. The molecule has 0 spiro atoms. The Kier molecular flexibility index (Phi) is 5.45. The van der Waals surface area contributed by atoms with Gasteiger partial charge in [-0.1, -0.05) is 36.7 Å². The van der Waals surface area contributed by atoms with E-state index in [-0.39, 0.29) is 5.56 Å². The highest BCUT2D eigenvalue weighted by atomic mass is 35.5. The second-order valence-electron chi connectivity index (χ2n) is 3.91. The number of thioether (sulfide) groups is 1. The van der Waals surface area contributed by atoms with Crippen molar-refractivity contribution < 1.29 is 0 Å². The first-order valence-electron chi connectivity index (χ1n) is 5.97. The number of nitrogens with one attached hydrogen (secondary N) is 1. The Morgan fingerprint density at radius 1 is 1.30 bits per heavy atom.